The van der Waals surface area contributed by atoms with Gasteiger partial charge in [-0.25, -0.2) is 0 Å². The second-order valence-electron chi connectivity index (χ2n) is 9.24. The monoisotopic (exact) mass is 432 g/mol. The minimum Gasteiger partial charge on any atom is -0.376 e. The Labute approximate surface area is 186 Å². The maximum atomic E-state index is 5.67. The minimum absolute atomic E-state index is 0.248. The van der Waals surface area contributed by atoms with Crippen molar-refractivity contribution in [3.8, 4) is 0 Å². The lowest BCUT2D eigenvalue weighted by atomic mass is 9.99. The Kier molecular flexibility index (Phi) is 7.25. The van der Waals surface area contributed by atoms with Crippen molar-refractivity contribution in [2.45, 2.75) is 58.5 Å². The zero-order chi connectivity index (χ0) is 20.9. The van der Waals surface area contributed by atoms with E-state index in [0.29, 0.717) is 17.0 Å². The molecule has 1 aromatic heterocycles. The third-order valence-corrected chi connectivity index (χ3v) is 6.77. The molecule has 0 aliphatic carbocycles. The zero-order valence-corrected chi connectivity index (χ0v) is 19.2. The van der Waals surface area contributed by atoms with Crippen molar-refractivity contribution < 1.29 is 4.74 Å². The van der Waals surface area contributed by atoms with Gasteiger partial charge in [0.2, 0.25) is 5.95 Å². The summed E-state index contributed by atoms with van der Waals surface area (Å²) in [5, 5.41) is 7.07. The first-order chi connectivity index (χ1) is 14.6. The average molecular weight is 433 g/mol. The minimum atomic E-state index is 0.248. The number of hydrogen-bond donors (Lipinski definition) is 2. The van der Waals surface area contributed by atoms with Gasteiger partial charge < -0.3 is 25.2 Å². The Morgan fingerprint density at radius 1 is 1.03 bits per heavy atom. The molecule has 3 aliphatic rings. The van der Waals surface area contributed by atoms with Gasteiger partial charge in [-0.15, -0.1) is 0 Å². The van der Waals surface area contributed by atoms with Gasteiger partial charge in [-0.3, -0.25) is 0 Å². The van der Waals surface area contributed by atoms with Crippen LogP contribution in [0.5, 0.6) is 0 Å². The molecule has 0 unspecified atom stereocenters. The molecule has 4 rings (SSSR count). The lowest BCUT2D eigenvalue weighted by molar-refractivity contribution is 0.114. The Morgan fingerprint density at radius 2 is 1.80 bits per heavy atom. The topological polar surface area (TPSA) is 65.5 Å². The van der Waals surface area contributed by atoms with Crippen molar-refractivity contribution in [1.82, 2.24) is 15.3 Å². The summed E-state index contributed by atoms with van der Waals surface area (Å²) in [5.74, 6) is 4.09. The fourth-order valence-electron chi connectivity index (χ4n) is 4.59. The maximum absolute atomic E-state index is 5.67. The number of rotatable bonds is 5. The van der Waals surface area contributed by atoms with Crippen molar-refractivity contribution in [1.29, 1.82) is 0 Å². The van der Waals surface area contributed by atoms with Crippen LogP contribution in [0.15, 0.2) is 6.07 Å². The molecule has 166 valence electrons. The van der Waals surface area contributed by atoms with Gasteiger partial charge in [0.25, 0.3) is 0 Å². The molecule has 3 fully saturated rings. The highest BCUT2D eigenvalue weighted by Gasteiger charge is 2.23. The molecule has 0 radical (unpaired) electrons. The molecule has 30 heavy (non-hydrogen) atoms. The van der Waals surface area contributed by atoms with Crippen molar-refractivity contribution in [3.63, 3.8) is 0 Å². The molecule has 8 heteroatoms. The molecule has 2 atom stereocenters. The normalized spacial score (nSPS) is 25.4. The molecule has 4 heterocycles. The van der Waals surface area contributed by atoms with Gasteiger partial charge in [-0.1, -0.05) is 13.8 Å². The standard InChI is InChI=1S/C22H36N6OS/c1-16-7-10-27(11-8-16)19-13-20(28-9-3-5-17(2)15-28)25-21(24-19)26-22(30)23-14-18-6-4-12-29-18/h13,16-18H,3-12,14-15H2,1-2H3,(H2,23,24,25,26,30)/t17-,18+/m1/s1. The fourth-order valence-corrected chi connectivity index (χ4v) is 4.77. The van der Waals surface area contributed by atoms with Gasteiger partial charge in [-0.2, -0.15) is 9.97 Å². The van der Waals surface area contributed by atoms with Crippen molar-refractivity contribution >= 4 is 34.9 Å². The van der Waals surface area contributed by atoms with E-state index in [9.17, 15) is 0 Å². The van der Waals surface area contributed by atoms with Gasteiger partial charge in [0, 0.05) is 45.4 Å². The first-order valence-corrected chi connectivity index (χ1v) is 12.0. The quantitative estimate of drug-likeness (QED) is 0.686. The predicted octanol–water partition coefficient (Wildman–Crippen LogP) is 3.41. The van der Waals surface area contributed by atoms with Crippen molar-refractivity contribution in [3.05, 3.63) is 6.07 Å². The summed E-state index contributed by atoms with van der Waals surface area (Å²) in [6.45, 7) is 10.4. The summed E-state index contributed by atoms with van der Waals surface area (Å²) in [4.78, 5) is 14.5. The average Bonchev–Trinajstić information content (AvgIpc) is 3.26. The second kappa shape index (κ2) is 10.1. The molecule has 0 saturated carbocycles. The first-order valence-electron chi connectivity index (χ1n) is 11.6. The highest BCUT2D eigenvalue weighted by atomic mass is 32.1. The van der Waals surface area contributed by atoms with Crippen LogP contribution in [0.3, 0.4) is 0 Å². The van der Waals surface area contributed by atoms with Crippen LogP contribution < -0.4 is 20.4 Å². The molecule has 0 bridgehead atoms. The van der Waals surface area contributed by atoms with Gasteiger partial charge in [-0.05, 0) is 62.6 Å². The Bertz CT molecular complexity index is 718. The molecular weight excluding hydrogens is 396 g/mol. The number of nitrogens with zero attached hydrogens (tertiary/aromatic N) is 4. The van der Waals surface area contributed by atoms with E-state index in [1.807, 2.05) is 0 Å². The van der Waals surface area contributed by atoms with Gasteiger partial charge in [0.1, 0.15) is 11.6 Å². The Hall–Kier alpha value is -1.67. The summed E-state index contributed by atoms with van der Waals surface area (Å²) in [6, 6.07) is 2.17. The van der Waals surface area contributed by atoms with Crippen molar-refractivity contribution in [2.24, 2.45) is 11.8 Å². The summed E-state index contributed by atoms with van der Waals surface area (Å²) >= 11 is 5.52. The van der Waals surface area contributed by atoms with E-state index in [-0.39, 0.29) is 6.10 Å². The van der Waals surface area contributed by atoms with Gasteiger partial charge >= 0.3 is 0 Å². The highest BCUT2D eigenvalue weighted by molar-refractivity contribution is 7.80. The predicted molar refractivity (Wildman–Crippen MR) is 126 cm³/mol. The van der Waals surface area contributed by atoms with E-state index in [1.165, 1.54) is 25.7 Å². The van der Waals surface area contributed by atoms with E-state index < -0.39 is 0 Å². The maximum Gasteiger partial charge on any atom is 0.232 e. The molecule has 0 spiro atoms. The molecule has 7 nitrogen and oxygen atoms in total. The summed E-state index contributed by atoms with van der Waals surface area (Å²) < 4.78 is 5.67. The summed E-state index contributed by atoms with van der Waals surface area (Å²) in [7, 11) is 0. The van der Waals surface area contributed by atoms with Crippen LogP contribution >= 0.6 is 12.2 Å². The van der Waals surface area contributed by atoms with Gasteiger partial charge in [0.05, 0.1) is 6.10 Å². The number of aromatic nitrogens is 2. The number of ether oxygens (including phenoxy) is 1. The number of piperidine rings is 2. The number of nitrogens with one attached hydrogen (secondary N) is 2. The summed E-state index contributed by atoms with van der Waals surface area (Å²) in [6.07, 6.45) is 7.40. The number of hydrogen-bond acceptors (Lipinski definition) is 6. The number of anilines is 3. The molecule has 3 aliphatic heterocycles. The molecule has 3 saturated heterocycles. The second-order valence-corrected chi connectivity index (χ2v) is 9.65. The largest absolute Gasteiger partial charge is 0.376 e. The smallest absolute Gasteiger partial charge is 0.232 e. The molecule has 0 amide bonds. The summed E-state index contributed by atoms with van der Waals surface area (Å²) in [5.41, 5.74) is 0. The Morgan fingerprint density at radius 3 is 2.50 bits per heavy atom. The Balaban J connectivity index is 1.48. The molecule has 2 N–H and O–H groups in total. The third kappa shape index (κ3) is 5.72. The van der Waals surface area contributed by atoms with E-state index >= 15 is 0 Å². The first kappa shape index (κ1) is 21.6. The molecule has 1 aromatic rings. The lowest BCUT2D eigenvalue weighted by Crippen LogP contribution is -2.38. The van der Waals surface area contributed by atoms with E-state index in [2.05, 4.69) is 40.3 Å². The van der Waals surface area contributed by atoms with Crippen molar-refractivity contribution in [2.75, 3.05) is 54.4 Å². The van der Waals surface area contributed by atoms with Crippen LogP contribution in [0.1, 0.15) is 52.4 Å². The van der Waals surface area contributed by atoms with E-state index in [1.54, 1.807) is 0 Å². The van der Waals surface area contributed by atoms with Crippen LogP contribution in [-0.2, 0) is 4.74 Å². The van der Waals surface area contributed by atoms with Crippen LogP contribution in [-0.4, -0.2) is 60.5 Å². The highest BCUT2D eigenvalue weighted by Crippen LogP contribution is 2.28. The van der Waals surface area contributed by atoms with Crippen LogP contribution in [0.25, 0.3) is 0 Å². The van der Waals surface area contributed by atoms with Gasteiger partial charge in [0.15, 0.2) is 5.11 Å². The third-order valence-electron chi connectivity index (χ3n) is 6.53. The SMILES string of the molecule is CC1CCN(c2cc(N3CCC[C@@H](C)C3)nc(NC(=S)NC[C@@H]3CCCO3)n2)CC1. The number of thiocarbonyl (C=S) groups is 1. The van der Waals surface area contributed by atoms with Crippen LogP contribution in [0.2, 0.25) is 0 Å². The molecule has 0 aromatic carbocycles. The zero-order valence-electron chi connectivity index (χ0n) is 18.4. The van der Waals surface area contributed by atoms with E-state index in [4.69, 9.17) is 26.9 Å². The molecular formula is C22H36N6OS. The lowest BCUT2D eigenvalue weighted by Gasteiger charge is -2.34. The fraction of sp³-hybridized carbons (Fsp3) is 0.773. The van der Waals surface area contributed by atoms with Crippen LogP contribution in [0.4, 0.5) is 17.6 Å². The van der Waals surface area contributed by atoms with E-state index in [0.717, 1.165) is 69.7 Å². The van der Waals surface area contributed by atoms with Crippen LogP contribution in [0, 0.1) is 11.8 Å².